The number of amides is 1. The van der Waals surface area contributed by atoms with Crippen LogP contribution in [0, 0.1) is 13.8 Å². The van der Waals surface area contributed by atoms with Gasteiger partial charge in [-0.25, -0.2) is 0 Å². The Labute approximate surface area is 190 Å². The molecule has 0 atom stereocenters. The first-order chi connectivity index (χ1) is 15.6. The standard InChI is InChI=1S/C28H28N2O2/c1-4-32-27(24-19-15-22(3)16-20-24)12-8-11-26(23-17-13-21(2)14-18-23)29-30-28(31)25-9-6-5-7-10-25/h5-20H,4H2,1-3H3,(H,30,31)/p+1/b11-8+,27-12+,29-26+. The van der Waals surface area contributed by atoms with Crippen molar-refractivity contribution in [2.45, 2.75) is 20.8 Å². The van der Waals surface area contributed by atoms with Crippen LogP contribution in [0.15, 0.2) is 97.1 Å². The Bertz CT molecular complexity index is 1110. The molecular weight excluding hydrogens is 396 g/mol. The highest BCUT2D eigenvalue weighted by molar-refractivity contribution is 6.05. The molecule has 162 valence electrons. The third-order valence-electron chi connectivity index (χ3n) is 4.86. The van der Waals surface area contributed by atoms with E-state index in [1.54, 1.807) is 12.1 Å². The number of hydrogen-bond acceptors (Lipinski definition) is 2. The number of ether oxygens (including phenoxy) is 1. The number of nitrogens with one attached hydrogen (secondary N) is 2. The van der Waals surface area contributed by atoms with E-state index in [0.29, 0.717) is 12.2 Å². The van der Waals surface area contributed by atoms with E-state index < -0.39 is 0 Å². The molecule has 0 heterocycles. The summed E-state index contributed by atoms with van der Waals surface area (Å²) >= 11 is 0. The summed E-state index contributed by atoms with van der Waals surface area (Å²) in [5, 5.41) is 3.07. The van der Waals surface area contributed by atoms with E-state index in [1.807, 2.05) is 86.7 Å². The van der Waals surface area contributed by atoms with Crippen molar-refractivity contribution >= 4 is 17.4 Å². The van der Waals surface area contributed by atoms with Gasteiger partial charge in [-0.15, -0.1) is 10.5 Å². The molecule has 0 aliphatic carbocycles. The summed E-state index contributed by atoms with van der Waals surface area (Å²) in [7, 11) is 0. The number of carbonyl (C=O) groups excluding carboxylic acids is 1. The van der Waals surface area contributed by atoms with Crippen LogP contribution in [0.1, 0.15) is 39.5 Å². The van der Waals surface area contributed by atoms with Crippen LogP contribution in [0.2, 0.25) is 0 Å². The molecule has 0 aromatic heterocycles. The molecule has 0 fully saturated rings. The van der Waals surface area contributed by atoms with E-state index in [2.05, 4.69) is 29.6 Å². The second-order valence-electron chi connectivity index (χ2n) is 7.41. The zero-order valence-electron chi connectivity index (χ0n) is 18.8. The molecule has 3 rings (SSSR count). The van der Waals surface area contributed by atoms with Crippen molar-refractivity contribution in [1.29, 1.82) is 0 Å². The fourth-order valence-corrected chi connectivity index (χ4v) is 3.06. The van der Waals surface area contributed by atoms with Crippen LogP contribution in [0.25, 0.3) is 5.76 Å². The number of rotatable bonds is 8. The molecule has 4 nitrogen and oxygen atoms in total. The molecule has 3 aromatic carbocycles. The summed E-state index contributed by atoms with van der Waals surface area (Å²) in [6, 6.07) is 25.5. The molecule has 0 saturated heterocycles. The predicted molar refractivity (Wildman–Crippen MR) is 130 cm³/mol. The molecule has 3 aromatic rings. The zero-order chi connectivity index (χ0) is 22.8. The minimum atomic E-state index is -0.200. The van der Waals surface area contributed by atoms with Gasteiger partial charge in [-0.2, -0.15) is 0 Å². The van der Waals surface area contributed by atoms with Crippen molar-refractivity contribution < 1.29 is 14.6 Å². The number of hydrogen-bond donors (Lipinski definition) is 2. The van der Waals surface area contributed by atoms with Crippen LogP contribution in [0.4, 0.5) is 0 Å². The maximum absolute atomic E-state index is 12.5. The van der Waals surface area contributed by atoms with Crippen molar-refractivity contribution in [3.8, 4) is 0 Å². The Hall–Kier alpha value is -3.92. The lowest BCUT2D eigenvalue weighted by Crippen LogP contribution is -2.84. The van der Waals surface area contributed by atoms with Gasteiger partial charge in [0, 0.05) is 22.8 Å². The van der Waals surface area contributed by atoms with Gasteiger partial charge in [-0.05, 0) is 51.1 Å². The Balaban J connectivity index is 1.87. The maximum Gasteiger partial charge on any atom is 0.304 e. The maximum atomic E-state index is 12.5. The Morgan fingerprint density at radius 3 is 2.03 bits per heavy atom. The van der Waals surface area contributed by atoms with Crippen molar-refractivity contribution in [2.75, 3.05) is 6.61 Å². The SMILES string of the molecule is CCO/C(=C/C=C/C(=[NH+]\NC(=O)c1ccccc1)c1ccc(C)cc1)c1ccc(C)cc1. The zero-order valence-corrected chi connectivity index (χ0v) is 18.8. The highest BCUT2D eigenvalue weighted by atomic mass is 16.5. The average Bonchev–Trinajstić information content (AvgIpc) is 2.82. The minimum absolute atomic E-state index is 0.200. The molecule has 0 bridgehead atoms. The van der Waals surface area contributed by atoms with Crippen LogP contribution >= 0.6 is 0 Å². The first kappa shape index (κ1) is 22.8. The summed E-state index contributed by atoms with van der Waals surface area (Å²) < 4.78 is 5.84. The topological polar surface area (TPSA) is 52.3 Å². The lowest BCUT2D eigenvalue weighted by Gasteiger charge is -2.08. The largest absolute Gasteiger partial charge is 0.493 e. The second kappa shape index (κ2) is 11.5. The minimum Gasteiger partial charge on any atom is -0.493 e. The fourth-order valence-electron chi connectivity index (χ4n) is 3.06. The van der Waals surface area contributed by atoms with E-state index in [-0.39, 0.29) is 5.91 Å². The molecule has 0 aliphatic rings. The van der Waals surface area contributed by atoms with Crippen molar-refractivity contribution in [3.63, 3.8) is 0 Å². The Morgan fingerprint density at radius 1 is 0.844 bits per heavy atom. The number of allylic oxidation sites excluding steroid dienone is 3. The molecule has 2 N–H and O–H groups in total. The van der Waals surface area contributed by atoms with E-state index in [9.17, 15) is 4.79 Å². The summed E-state index contributed by atoms with van der Waals surface area (Å²) in [6.45, 7) is 6.65. The van der Waals surface area contributed by atoms with Crippen LogP contribution in [0.5, 0.6) is 0 Å². The Kier molecular flexibility index (Phi) is 8.15. The van der Waals surface area contributed by atoms with Gasteiger partial charge < -0.3 is 4.74 Å². The molecule has 1 amide bonds. The van der Waals surface area contributed by atoms with Gasteiger partial charge in [0.25, 0.3) is 0 Å². The second-order valence-corrected chi connectivity index (χ2v) is 7.41. The smallest absolute Gasteiger partial charge is 0.304 e. The van der Waals surface area contributed by atoms with Crippen molar-refractivity contribution in [1.82, 2.24) is 5.43 Å². The van der Waals surface area contributed by atoms with Gasteiger partial charge >= 0.3 is 5.91 Å². The summed E-state index contributed by atoms with van der Waals surface area (Å²) in [5.74, 6) is 0.592. The summed E-state index contributed by atoms with van der Waals surface area (Å²) in [5.41, 5.74) is 8.49. The molecule has 0 spiro atoms. The van der Waals surface area contributed by atoms with Crippen molar-refractivity contribution in [3.05, 3.63) is 125 Å². The van der Waals surface area contributed by atoms with E-state index in [1.165, 1.54) is 11.1 Å². The highest BCUT2D eigenvalue weighted by Gasteiger charge is 2.10. The monoisotopic (exact) mass is 425 g/mol. The number of aryl methyl sites for hydroxylation is 2. The van der Waals surface area contributed by atoms with Crippen LogP contribution in [-0.2, 0) is 4.74 Å². The van der Waals surface area contributed by atoms with Crippen LogP contribution in [-0.4, -0.2) is 18.2 Å². The van der Waals surface area contributed by atoms with Crippen LogP contribution in [0.3, 0.4) is 0 Å². The number of hydrazine groups is 1. The average molecular weight is 426 g/mol. The normalized spacial score (nSPS) is 12.1. The summed E-state index contributed by atoms with van der Waals surface area (Å²) in [6.07, 6.45) is 5.77. The predicted octanol–water partition coefficient (Wildman–Crippen LogP) is 4.15. The quantitative estimate of drug-likeness (QED) is 0.247. The summed E-state index contributed by atoms with van der Waals surface area (Å²) in [4.78, 5) is 12.5. The van der Waals surface area contributed by atoms with Gasteiger partial charge in [-0.1, -0.05) is 71.8 Å². The van der Waals surface area contributed by atoms with Crippen molar-refractivity contribution in [2.24, 2.45) is 0 Å². The molecule has 0 unspecified atom stereocenters. The first-order valence-electron chi connectivity index (χ1n) is 10.7. The molecule has 0 radical (unpaired) electrons. The van der Waals surface area contributed by atoms with E-state index >= 15 is 0 Å². The van der Waals surface area contributed by atoms with Gasteiger partial charge in [0.2, 0.25) is 5.71 Å². The number of benzene rings is 3. The third-order valence-corrected chi connectivity index (χ3v) is 4.86. The van der Waals surface area contributed by atoms with Gasteiger partial charge in [0.15, 0.2) is 0 Å². The molecule has 4 heteroatoms. The molecular formula is C28H29N2O2+. The fraction of sp³-hybridized carbons (Fsp3) is 0.143. The van der Waals surface area contributed by atoms with Gasteiger partial charge in [0.1, 0.15) is 5.76 Å². The van der Waals surface area contributed by atoms with E-state index in [4.69, 9.17) is 4.74 Å². The van der Waals surface area contributed by atoms with E-state index in [0.717, 1.165) is 22.6 Å². The highest BCUT2D eigenvalue weighted by Crippen LogP contribution is 2.17. The van der Waals surface area contributed by atoms with Gasteiger partial charge in [0.05, 0.1) is 6.61 Å². The molecule has 0 aliphatic heterocycles. The number of carbonyl (C=O) groups is 1. The molecule has 0 saturated carbocycles. The first-order valence-corrected chi connectivity index (χ1v) is 10.7. The van der Waals surface area contributed by atoms with Gasteiger partial charge in [-0.3, -0.25) is 4.79 Å². The lowest BCUT2D eigenvalue weighted by atomic mass is 10.1. The van der Waals surface area contributed by atoms with Crippen LogP contribution < -0.4 is 10.5 Å². The lowest BCUT2D eigenvalue weighted by molar-refractivity contribution is -0.507. The Morgan fingerprint density at radius 2 is 1.44 bits per heavy atom. The third kappa shape index (κ3) is 6.54. The molecule has 32 heavy (non-hydrogen) atoms. The number of hydrazone groups is 1.